The molecule has 152 valence electrons. The number of aliphatic hydroxyl groups is 1. The van der Waals surface area contributed by atoms with Crippen LogP contribution in [0.2, 0.25) is 0 Å². The number of aryl methyl sites for hydroxylation is 1. The first-order valence-electron chi connectivity index (χ1n) is 9.07. The molecular formula is C18H19F4N3O3. The second kappa shape index (κ2) is 6.33. The van der Waals surface area contributed by atoms with Crippen molar-refractivity contribution < 1.29 is 22.7 Å². The highest BCUT2D eigenvalue weighted by molar-refractivity contribution is 5.87. The van der Waals surface area contributed by atoms with Gasteiger partial charge in [-0.15, -0.1) is 0 Å². The Balaban J connectivity index is 1.82. The van der Waals surface area contributed by atoms with E-state index in [1.807, 2.05) is 0 Å². The van der Waals surface area contributed by atoms with E-state index in [9.17, 15) is 32.3 Å². The molecule has 0 bridgehead atoms. The third kappa shape index (κ3) is 2.99. The van der Waals surface area contributed by atoms with Crippen LogP contribution in [0.25, 0.3) is 10.9 Å². The summed E-state index contributed by atoms with van der Waals surface area (Å²) in [5.74, 6) is -1.81. The predicted octanol–water partition coefficient (Wildman–Crippen LogP) is 2.22. The number of benzene rings is 1. The molecular weight excluding hydrogens is 382 g/mol. The van der Waals surface area contributed by atoms with Crippen molar-refractivity contribution in [1.29, 1.82) is 0 Å². The lowest BCUT2D eigenvalue weighted by molar-refractivity contribution is -0.217. The maximum atomic E-state index is 14.9. The molecule has 2 N–H and O–H groups in total. The van der Waals surface area contributed by atoms with Crippen LogP contribution in [0, 0.1) is 18.7 Å². The van der Waals surface area contributed by atoms with Gasteiger partial charge >= 0.3 is 11.9 Å². The topological polar surface area (TPSA) is 78.3 Å². The van der Waals surface area contributed by atoms with E-state index in [2.05, 4.69) is 4.98 Å². The zero-order valence-electron chi connectivity index (χ0n) is 15.0. The Bertz CT molecular complexity index is 1060. The van der Waals surface area contributed by atoms with Gasteiger partial charge in [0.2, 0.25) is 0 Å². The molecule has 1 saturated carbocycles. The third-order valence-electron chi connectivity index (χ3n) is 5.62. The SMILES string of the molecule is Cc1c(N2CCC(C(O)C(F)(F)F)C2)c(F)cc2c(=O)[nH]c(=O)n(C3CC3)c12. The molecule has 1 saturated heterocycles. The number of hydrogen-bond acceptors (Lipinski definition) is 4. The Hall–Kier alpha value is -2.36. The highest BCUT2D eigenvalue weighted by Gasteiger charge is 2.46. The van der Waals surface area contributed by atoms with Gasteiger partial charge in [0.15, 0.2) is 6.10 Å². The number of hydrogen-bond donors (Lipinski definition) is 2. The molecule has 0 spiro atoms. The standard InChI is InChI=1S/C18H19F4N3O3/c1-8-13-11(16(27)23-17(28)25(13)10-2-3-10)6-12(19)14(8)24-5-4-9(7-24)15(26)18(20,21)22/h6,9-10,15,26H,2-5,7H2,1H3,(H,23,27,28). The smallest absolute Gasteiger partial charge is 0.383 e. The van der Waals surface area contributed by atoms with E-state index < -0.39 is 35.3 Å². The minimum Gasteiger partial charge on any atom is -0.383 e. The fourth-order valence-electron chi connectivity index (χ4n) is 4.15. The van der Waals surface area contributed by atoms with Crippen molar-refractivity contribution in [2.45, 2.75) is 44.5 Å². The van der Waals surface area contributed by atoms with E-state index in [1.165, 1.54) is 9.47 Å². The van der Waals surface area contributed by atoms with Gasteiger partial charge < -0.3 is 10.0 Å². The van der Waals surface area contributed by atoms with Crippen molar-refractivity contribution in [3.05, 3.63) is 38.3 Å². The van der Waals surface area contributed by atoms with Crippen molar-refractivity contribution in [3.63, 3.8) is 0 Å². The first-order valence-corrected chi connectivity index (χ1v) is 9.07. The van der Waals surface area contributed by atoms with Crippen molar-refractivity contribution in [2.75, 3.05) is 18.0 Å². The number of nitrogens with one attached hydrogen (secondary N) is 1. The summed E-state index contributed by atoms with van der Waals surface area (Å²) < 4.78 is 54.7. The number of H-pyrrole nitrogens is 1. The summed E-state index contributed by atoms with van der Waals surface area (Å²) in [5, 5.41) is 9.56. The Kier molecular flexibility index (Phi) is 4.29. The lowest BCUT2D eigenvalue weighted by atomic mass is 10.0. The maximum Gasteiger partial charge on any atom is 0.414 e. The van der Waals surface area contributed by atoms with E-state index in [0.717, 1.165) is 18.9 Å². The molecule has 1 aliphatic heterocycles. The highest BCUT2D eigenvalue weighted by atomic mass is 19.4. The number of halogens is 4. The average molecular weight is 401 g/mol. The number of aliphatic hydroxyl groups excluding tert-OH is 1. The number of fused-ring (bicyclic) bond motifs is 1. The van der Waals surface area contributed by atoms with E-state index in [4.69, 9.17) is 0 Å². The van der Waals surface area contributed by atoms with Crippen molar-refractivity contribution >= 4 is 16.6 Å². The van der Waals surface area contributed by atoms with Crippen LogP contribution in [0.15, 0.2) is 15.7 Å². The van der Waals surface area contributed by atoms with Crippen LogP contribution < -0.4 is 16.1 Å². The molecule has 2 aliphatic rings. The largest absolute Gasteiger partial charge is 0.414 e. The van der Waals surface area contributed by atoms with Crippen LogP contribution in [0.5, 0.6) is 0 Å². The lowest BCUT2D eigenvalue weighted by Crippen LogP contribution is -2.37. The Morgan fingerprint density at radius 2 is 1.93 bits per heavy atom. The molecule has 1 aliphatic carbocycles. The first-order chi connectivity index (χ1) is 13.1. The monoisotopic (exact) mass is 401 g/mol. The molecule has 4 rings (SSSR count). The van der Waals surface area contributed by atoms with Crippen molar-refractivity contribution in [2.24, 2.45) is 5.92 Å². The number of aromatic amines is 1. The van der Waals surface area contributed by atoms with Crippen LogP contribution in [0.1, 0.15) is 30.9 Å². The van der Waals surface area contributed by atoms with Gasteiger partial charge in [-0.05, 0) is 32.3 Å². The van der Waals surface area contributed by atoms with Gasteiger partial charge in [0.05, 0.1) is 16.6 Å². The third-order valence-corrected chi connectivity index (χ3v) is 5.62. The van der Waals surface area contributed by atoms with Crippen molar-refractivity contribution in [1.82, 2.24) is 9.55 Å². The van der Waals surface area contributed by atoms with Gasteiger partial charge in [0, 0.05) is 30.6 Å². The van der Waals surface area contributed by atoms with Crippen molar-refractivity contribution in [3.8, 4) is 0 Å². The lowest BCUT2D eigenvalue weighted by Gasteiger charge is -2.25. The number of anilines is 1. The summed E-state index contributed by atoms with van der Waals surface area (Å²) in [6, 6.07) is 0.949. The van der Waals surface area contributed by atoms with E-state index >= 15 is 0 Å². The van der Waals surface area contributed by atoms with Crippen LogP contribution >= 0.6 is 0 Å². The fraction of sp³-hybridized carbons (Fsp3) is 0.556. The summed E-state index contributed by atoms with van der Waals surface area (Å²) in [5.41, 5.74) is -0.548. The number of nitrogens with zero attached hydrogens (tertiary/aromatic N) is 2. The fourth-order valence-corrected chi connectivity index (χ4v) is 4.15. The molecule has 0 amide bonds. The summed E-state index contributed by atoms with van der Waals surface area (Å²) >= 11 is 0. The number of aromatic nitrogens is 2. The van der Waals surface area contributed by atoms with Crippen LogP contribution in [-0.2, 0) is 0 Å². The van der Waals surface area contributed by atoms with Gasteiger partial charge in [-0.3, -0.25) is 14.3 Å². The second-order valence-corrected chi connectivity index (χ2v) is 7.57. The summed E-state index contributed by atoms with van der Waals surface area (Å²) in [4.78, 5) is 28.1. The van der Waals surface area contributed by atoms with Gasteiger partial charge in [-0.1, -0.05) is 0 Å². The molecule has 2 aromatic rings. The minimum atomic E-state index is -4.74. The molecule has 0 radical (unpaired) electrons. The van der Waals surface area contributed by atoms with Crippen LogP contribution in [0.4, 0.5) is 23.2 Å². The molecule has 28 heavy (non-hydrogen) atoms. The van der Waals surface area contributed by atoms with E-state index in [-0.39, 0.29) is 36.6 Å². The normalized spacial score (nSPS) is 21.5. The van der Waals surface area contributed by atoms with Gasteiger partial charge in [0.1, 0.15) is 5.82 Å². The number of rotatable bonds is 3. The molecule has 1 aromatic carbocycles. The van der Waals surface area contributed by atoms with Gasteiger partial charge in [-0.2, -0.15) is 13.2 Å². The van der Waals surface area contributed by atoms with Gasteiger partial charge in [-0.25, -0.2) is 9.18 Å². The average Bonchev–Trinajstić information content (AvgIpc) is 3.31. The minimum absolute atomic E-state index is 0.0383. The molecule has 1 aromatic heterocycles. The quantitative estimate of drug-likeness (QED) is 0.774. The summed E-state index contributed by atoms with van der Waals surface area (Å²) in [7, 11) is 0. The Labute approximate surface area is 156 Å². The van der Waals surface area contributed by atoms with E-state index in [0.29, 0.717) is 11.1 Å². The molecule has 2 heterocycles. The Morgan fingerprint density at radius 1 is 1.25 bits per heavy atom. The molecule has 10 heteroatoms. The molecule has 2 unspecified atom stereocenters. The zero-order chi connectivity index (χ0) is 20.4. The maximum absolute atomic E-state index is 14.9. The van der Waals surface area contributed by atoms with Crippen LogP contribution in [-0.4, -0.2) is 40.0 Å². The summed E-state index contributed by atoms with van der Waals surface area (Å²) in [6.07, 6.45) is -5.64. The summed E-state index contributed by atoms with van der Waals surface area (Å²) in [6.45, 7) is 1.53. The zero-order valence-corrected chi connectivity index (χ0v) is 15.0. The predicted molar refractivity (Wildman–Crippen MR) is 94.2 cm³/mol. The molecule has 2 atom stereocenters. The van der Waals surface area contributed by atoms with E-state index in [1.54, 1.807) is 6.92 Å². The molecule has 6 nitrogen and oxygen atoms in total. The highest BCUT2D eigenvalue weighted by Crippen LogP contribution is 2.40. The Morgan fingerprint density at radius 3 is 2.54 bits per heavy atom. The first kappa shape index (κ1) is 19.0. The second-order valence-electron chi connectivity index (χ2n) is 7.57. The van der Waals surface area contributed by atoms with Crippen LogP contribution in [0.3, 0.4) is 0 Å². The number of alkyl halides is 3. The van der Waals surface area contributed by atoms with Gasteiger partial charge in [0.25, 0.3) is 5.56 Å². The molecule has 2 fully saturated rings.